The van der Waals surface area contributed by atoms with E-state index in [1.54, 1.807) is 0 Å². The lowest BCUT2D eigenvalue weighted by molar-refractivity contribution is -0.141. The van der Waals surface area contributed by atoms with Crippen molar-refractivity contribution in [3.8, 4) is 0 Å². The van der Waals surface area contributed by atoms with E-state index in [0.29, 0.717) is 3.79 Å². The SMILES string of the molecule is CC(=O)O/N=C(\C(=O)O)c1nc(N)sc1Br. The van der Waals surface area contributed by atoms with Crippen molar-refractivity contribution in [2.24, 2.45) is 5.16 Å². The van der Waals surface area contributed by atoms with Gasteiger partial charge in [-0.1, -0.05) is 16.5 Å². The van der Waals surface area contributed by atoms with Crippen LogP contribution >= 0.6 is 27.3 Å². The van der Waals surface area contributed by atoms with Gasteiger partial charge in [-0.25, -0.2) is 14.6 Å². The highest BCUT2D eigenvalue weighted by molar-refractivity contribution is 9.11. The molecule has 9 heteroatoms. The Hall–Kier alpha value is -1.48. The first-order chi connectivity index (χ1) is 7.41. The van der Waals surface area contributed by atoms with Crippen LogP contribution in [0.5, 0.6) is 0 Å². The van der Waals surface area contributed by atoms with Crippen LogP contribution in [-0.4, -0.2) is 27.7 Å². The fourth-order valence-electron chi connectivity index (χ4n) is 0.757. The topological polar surface area (TPSA) is 115 Å². The molecule has 0 fully saturated rings. The standard InChI is InChI=1S/C7H6BrN3O4S/c1-2(12)15-11-4(6(13)14)3-5(8)16-7(9)10-3/h1H3,(H2,9,10)(H,13,14)/b11-4-. The molecule has 0 saturated carbocycles. The van der Waals surface area contributed by atoms with E-state index < -0.39 is 17.7 Å². The van der Waals surface area contributed by atoms with Crippen LogP contribution in [0.1, 0.15) is 12.6 Å². The highest BCUT2D eigenvalue weighted by atomic mass is 79.9. The number of nitrogens with two attached hydrogens (primary N) is 1. The van der Waals surface area contributed by atoms with Crippen molar-refractivity contribution >= 4 is 50.0 Å². The number of aromatic nitrogens is 1. The zero-order chi connectivity index (χ0) is 12.3. The number of oxime groups is 1. The number of hydrogen-bond acceptors (Lipinski definition) is 7. The van der Waals surface area contributed by atoms with Crippen LogP contribution in [0, 0.1) is 0 Å². The minimum Gasteiger partial charge on any atom is -0.476 e. The van der Waals surface area contributed by atoms with Crippen molar-refractivity contribution in [1.82, 2.24) is 4.98 Å². The molecule has 3 N–H and O–H groups in total. The molecular weight excluding hydrogens is 302 g/mol. The summed E-state index contributed by atoms with van der Waals surface area (Å²) in [6.07, 6.45) is 0. The first-order valence-corrected chi connectivity index (χ1v) is 5.43. The molecule has 0 radical (unpaired) electrons. The van der Waals surface area contributed by atoms with Crippen LogP contribution in [-0.2, 0) is 14.4 Å². The third kappa shape index (κ3) is 3.00. The van der Waals surface area contributed by atoms with Gasteiger partial charge in [-0.05, 0) is 15.9 Å². The summed E-state index contributed by atoms with van der Waals surface area (Å²) in [7, 11) is 0. The smallest absolute Gasteiger partial charge is 0.360 e. The van der Waals surface area contributed by atoms with Gasteiger partial charge < -0.3 is 15.7 Å². The second kappa shape index (κ2) is 5.03. The normalized spacial score (nSPS) is 11.2. The zero-order valence-electron chi connectivity index (χ0n) is 7.93. The number of nitrogens with zero attached hydrogens (tertiary/aromatic N) is 2. The van der Waals surface area contributed by atoms with Crippen LogP contribution in [0.3, 0.4) is 0 Å². The lowest BCUT2D eigenvalue weighted by atomic mass is 10.3. The van der Waals surface area contributed by atoms with E-state index in [9.17, 15) is 9.59 Å². The molecule has 1 aromatic heterocycles. The average Bonchev–Trinajstić information content (AvgIpc) is 2.45. The monoisotopic (exact) mass is 307 g/mol. The number of hydrogen-bond donors (Lipinski definition) is 2. The summed E-state index contributed by atoms with van der Waals surface area (Å²) >= 11 is 4.13. The van der Waals surface area contributed by atoms with Crippen molar-refractivity contribution in [1.29, 1.82) is 0 Å². The first-order valence-electron chi connectivity index (χ1n) is 3.83. The van der Waals surface area contributed by atoms with Gasteiger partial charge in [-0.2, -0.15) is 0 Å². The van der Waals surface area contributed by atoms with E-state index in [-0.39, 0.29) is 10.8 Å². The molecule has 0 spiro atoms. The van der Waals surface area contributed by atoms with Crippen molar-refractivity contribution in [3.63, 3.8) is 0 Å². The summed E-state index contributed by atoms with van der Waals surface area (Å²) in [6.45, 7) is 1.10. The van der Waals surface area contributed by atoms with Gasteiger partial charge in [0.05, 0.1) is 0 Å². The van der Waals surface area contributed by atoms with Gasteiger partial charge in [0, 0.05) is 6.92 Å². The molecule has 1 aromatic rings. The van der Waals surface area contributed by atoms with Crippen LogP contribution in [0.15, 0.2) is 8.94 Å². The molecule has 1 rings (SSSR count). The molecule has 0 aromatic carbocycles. The second-order valence-electron chi connectivity index (χ2n) is 2.50. The zero-order valence-corrected chi connectivity index (χ0v) is 10.3. The molecule has 16 heavy (non-hydrogen) atoms. The predicted molar refractivity (Wildman–Crippen MR) is 60.2 cm³/mol. The Labute approximate surface area is 102 Å². The maximum absolute atomic E-state index is 10.9. The summed E-state index contributed by atoms with van der Waals surface area (Å²) in [5.74, 6) is -2.09. The Morgan fingerprint density at radius 2 is 2.25 bits per heavy atom. The molecule has 0 amide bonds. The Balaban J connectivity index is 3.12. The number of carbonyl (C=O) groups excluding carboxylic acids is 1. The van der Waals surface area contributed by atoms with E-state index in [1.807, 2.05) is 0 Å². The van der Waals surface area contributed by atoms with Crippen LogP contribution < -0.4 is 5.73 Å². The van der Waals surface area contributed by atoms with E-state index >= 15 is 0 Å². The third-order valence-electron chi connectivity index (χ3n) is 1.29. The maximum Gasteiger partial charge on any atom is 0.360 e. The minimum atomic E-state index is -1.37. The van der Waals surface area contributed by atoms with Gasteiger partial charge in [-0.15, -0.1) is 0 Å². The van der Waals surface area contributed by atoms with Crippen LogP contribution in [0.25, 0.3) is 0 Å². The number of anilines is 1. The van der Waals surface area contributed by atoms with E-state index in [4.69, 9.17) is 10.8 Å². The van der Waals surface area contributed by atoms with Gasteiger partial charge in [0.25, 0.3) is 0 Å². The Morgan fingerprint density at radius 3 is 2.62 bits per heavy atom. The molecule has 86 valence electrons. The van der Waals surface area contributed by atoms with Crippen molar-refractivity contribution in [3.05, 3.63) is 9.48 Å². The summed E-state index contributed by atoms with van der Waals surface area (Å²) in [5.41, 5.74) is 4.93. The highest BCUT2D eigenvalue weighted by Gasteiger charge is 2.21. The van der Waals surface area contributed by atoms with E-state index in [2.05, 4.69) is 30.9 Å². The number of rotatable bonds is 3. The quantitative estimate of drug-likeness (QED) is 0.486. The van der Waals surface area contributed by atoms with Crippen LogP contribution in [0.4, 0.5) is 5.13 Å². The summed E-state index contributed by atoms with van der Waals surface area (Å²) in [6, 6.07) is 0. The van der Waals surface area contributed by atoms with Crippen molar-refractivity contribution in [2.75, 3.05) is 5.73 Å². The lowest BCUT2D eigenvalue weighted by Gasteiger charge is -1.97. The molecule has 7 nitrogen and oxygen atoms in total. The molecule has 0 aliphatic carbocycles. The number of aliphatic carboxylic acids is 1. The van der Waals surface area contributed by atoms with E-state index in [0.717, 1.165) is 18.3 Å². The largest absolute Gasteiger partial charge is 0.476 e. The third-order valence-corrected chi connectivity index (χ3v) is 2.83. The molecule has 0 aliphatic heterocycles. The predicted octanol–water partition coefficient (Wildman–Crippen LogP) is 0.840. The molecule has 1 heterocycles. The number of carboxylic acids is 1. The molecular formula is C7H6BrN3O4S. The highest BCUT2D eigenvalue weighted by Crippen LogP contribution is 2.27. The second-order valence-corrected chi connectivity index (χ2v) is 4.85. The minimum absolute atomic E-state index is 0.0243. The molecule has 0 saturated heterocycles. The maximum atomic E-state index is 10.9. The fourth-order valence-corrected chi connectivity index (χ4v) is 2.09. The lowest BCUT2D eigenvalue weighted by Crippen LogP contribution is -2.16. The van der Waals surface area contributed by atoms with E-state index in [1.165, 1.54) is 0 Å². The first kappa shape index (κ1) is 12.6. The fraction of sp³-hybridized carbons (Fsp3) is 0.143. The van der Waals surface area contributed by atoms with Gasteiger partial charge in [0.1, 0.15) is 9.48 Å². The average molecular weight is 308 g/mol. The summed E-state index contributed by atoms with van der Waals surface area (Å²) < 4.78 is 0.401. The molecule has 0 unspecified atom stereocenters. The number of halogens is 1. The molecule has 0 bridgehead atoms. The number of carboxylic acid groups (broad SMARTS) is 1. The number of nitrogen functional groups attached to an aromatic ring is 1. The van der Waals surface area contributed by atoms with Gasteiger partial charge in [0.15, 0.2) is 5.13 Å². The van der Waals surface area contributed by atoms with Crippen molar-refractivity contribution < 1.29 is 19.5 Å². The molecule has 0 atom stereocenters. The Kier molecular flexibility index (Phi) is 3.96. The number of thiazole rings is 1. The summed E-state index contributed by atoms with van der Waals surface area (Å²) in [4.78, 5) is 29.4. The molecule has 0 aliphatic rings. The van der Waals surface area contributed by atoms with Gasteiger partial charge in [0.2, 0.25) is 5.71 Å². The number of carbonyl (C=O) groups is 2. The Morgan fingerprint density at radius 1 is 1.62 bits per heavy atom. The Bertz CT molecular complexity index is 470. The van der Waals surface area contributed by atoms with Crippen molar-refractivity contribution in [2.45, 2.75) is 6.92 Å². The van der Waals surface area contributed by atoms with Gasteiger partial charge in [-0.3, -0.25) is 0 Å². The van der Waals surface area contributed by atoms with Gasteiger partial charge >= 0.3 is 11.9 Å². The van der Waals surface area contributed by atoms with Crippen LogP contribution in [0.2, 0.25) is 0 Å². The summed E-state index contributed by atoms with van der Waals surface area (Å²) in [5, 5.41) is 12.2.